The number of guanidine groups is 1. The molecule has 0 spiro atoms. The average Bonchev–Trinajstić information content (AvgIpc) is 2.71. The highest BCUT2D eigenvalue weighted by Crippen LogP contribution is 2.15. The number of nitrogens with one attached hydrogen (secondary N) is 3. The van der Waals surface area contributed by atoms with Gasteiger partial charge in [-0.3, -0.25) is 0 Å². The van der Waals surface area contributed by atoms with Crippen LogP contribution in [-0.2, 0) is 11.3 Å². The van der Waals surface area contributed by atoms with Crippen molar-refractivity contribution >= 4 is 23.4 Å². The molecule has 0 saturated heterocycles. The van der Waals surface area contributed by atoms with Crippen molar-refractivity contribution in [2.24, 2.45) is 4.99 Å². The average molecular weight is 387 g/mol. The van der Waals surface area contributed by atoms with Gasteiger partial charge in [0.1, 0.15) is 0 Å². The Morgan fingerprint density at radius 1 is 1.00 bits per heavy atom. The number of hydrogen-bond donors (Lipinski definition) is 3. The van der Waals surface area contributed by atoms with Gasteiger partial charge in [0, 0.05) is 43.1 Å². The molecule has 0 saturated carbocycles. The Balaban J connectivity index is 1.76. The molecule has 3 N–H and O–H groups in total. The van der Waals surface area contributed by atoms with E-state index < -0.39 is 0 Å². The number of hydrogen-bond acceptors (Lipinski definition) is 4. The van der Waals surface area contributed by atoms with Gasteiger partial charge in [-0.15, -0.1) is 11.8 Å². The molecular weight excluding hydrogens is 356 g/mol. The summed E-state index contributed by atoms with van der Waals surface area (Å²) >= 11 is 1.84. The summed E-state index contributed by atoms with van der Waals surface area (Å²) in [6.45, 7) is 5.96. The van der Waals surface area contributed by atoms with E-state index in [0.717, 1.165) is 37.0 Å². The zero-order chi connectivity index (χ0) is 19.2. The Morgan fingerprint density at radius 3 is 2.48 bits per heavy atom. The van der Waals surface area contributed by atoms with Crippen LogP contribution in [0.15, 0.2) is 64.5 Å². The molecule has 0 radical (unpaired) electrons. The second-order valence-corrected chi connectivity index (χ2v) is 7.07. The van der Waals surface area contributed by atoms with Gasteiger partial charge < -0.3 is 20.7 Å². The van der Waals surface area contributed by atoms with Crippen molar-refractivity contribution in [3.8, 4) is 0 Å². The minimum atomic E-state index is 0.652. The molecule has 2 rings (SSSR count). The molecule has 0 heterocycles. The van der Waals surface area contributed by atoms with Gasteiger partial charge in [-0.05, 0) is 36.8 Å². The summed E-state index contributed by atoms with van der Waals surface area (Å²) in [5.41, 5.74) is 2.28. The molecule has 0 bridgehead atoms. The third kappa shape index (κ3) is 8.84. The Hall–Kier alpha value is -2.18. The Morgan fingerprint density at radius 2 is 1.78 bits per heavy atom. The number of aliphatic imine (C=N–C) groups is 1. The second kappa shape index (κ2) is 13.1. The van der Waals surface area contributed by atoms with Gasteiger partial charge in [-0.25, -0.2) is 4.99 Å². The van der Waals surface area contributed by atoms with Crippen LogP contribution < -0.4 is 16.0 Å². The first kappa shape index (κ1) is 21.1. The van der Waals surface area contributed by atoms with Gasteiger partial charge in [0.25, 0.3) is 0 Å². The summed E-state index contributed by atoms with van der Waals surface area (Å²) in [4.78, 5) is 5.97. The van der Waals surface area contributed by atoms with E-state index in [-0.39, 0.29) is 0 Å². The first-order valence-corrected chi connectivity index (χ1v) is 10.3. The first-order valence-electron chi connectivity index (χ1n) is 9.33. The highest BCUT2D eigenvalue weighted by atomic mass is 32.2. The smallest absolute Gasteiger partial charge is 0.191 e. The summed E-state index contributed by atoms with van der Waals surface area (Å²) in [6.07, 6.45) is 0. The van der Waals surface area contributed by atoms with Gasteiger partial charge in [0.05, 0.1) is 13.2 Å². The summed E-state index contributed by atoms with van der Waals surface area (Å²) in [6, 6.07) is 18.8. The minimum Gasteiger partial charge on any atom is -0.383 e. The fraction of sp³-hybridized carbons (Fsp3) is 0.381. The van der Waals surface area contributed by atoms with Crippen LogP contribution in [0, 0.1) is 0 Å². The predicted molar refractivity (Wildman–Crippen MR) is 117 cm³/mol. The molecule has 6 heteroatoms. The second-order valence-electron chi connectivity index (χ2n) is 5.90. The lowest BCUT2D eigenvalue weighted by Crippen LogP contribution is -2.38. The highest BCUT2D eigenvalue weighted by Gasteiger charge is 1.99. The maximum absolute atomic E-state index is 5.04. The van der Waals surface area contributed by atoms with E-state index in [4.69, 9.17) is 4.74 Å². The van der Waals surface area contributed by atoms with Crippen molar-refractivity contribution < 1.29 is 4.74 Å². The van der Waals surface area contributed by atoms with Crippen molar-refractivity contribution in [2.75, 3.05) is 44.4 Å². The van der Waals surface area contributed by atoms with Crippen molar-refractivity contribution in [3.05, 3.63) is 60.2 Å². The van der Waals surface area contributed by atoms with E-state index in [1.54, 1.807) is 7.11 Å². The summed E-state index contributed by atoms with van der Waals surface area (Å²) < 4.78 is 5.04. The number of ether oxygens (including phenoxy) is 1. The minimum absolute atomic E-state index is 0.652. The number of thioether (sulfide) groups is 1. The summed E-state index contributed by atoms with van der Waals surface area (Å²) in [5, 5.41) is 10.0. The standard InChI is InChI=1S/C21H30N4OS/c1-3-22-21(24-14-16-27-20-7-5-4-6-8-20)25-17-18-9-11-19(12-10-18)23-13-15-26-2/h4-12,23H,3,13-17H2,1-2H3,(H2,22,24,25). The number of rotatable bonds is 11. The molecule has 5 nitrogen and oxygen atoms in total. The maximum Gasteiger partial charge on any atom is 0.191 e. The molecule has 27 heavy (non-hydrogen) atoms. The van der Waals surface area contributed by atoms with Crippen LogP contribution in [0.2, 0.25) is 0 Å². The molecule has 0 amide bonds. The molecule has 0 aliphatic carbocycles. The molecule has 0 aliphatic rings. The molecular formula is C21H30N4OS. The third-order valence-electron chi connectivity index (χ3n) is 3.76. The summed E-state index contributed by atoms with van der Waals surface area (Å²) in [5.74, 6) is 1.85. The van der Waals surface area contributed by atoms with Crippen molar-refractivity contribution in [1.29, 1.82) is 0 Å². The topological polar surface area (TPSA) is 57.7 Å². The number of methoxy groups -OCH3 is 1. The Bertz CT molecular complexity index is 662. The maximum atomic E-state index is 5.04. The van der Waals surface area contributed by atoms with Crippen LogP contribution in [0.1, 0.15) is 12.5 Å². The normalized spacial score (nSPS) is 11.3. The van der Waals surface area contributed by atoms with E-state index >= 15 is 0 Å². The van der Waals surface area contributed by atoms with Crippen molar-refractivity contribution in [1.82, 2.24) is 10.6 Å². The zero-order valence-electron chi connectivity index (χ0n) is 16.2. The predicted octanol–water partition coefficient (Wildman–Crippen LogP) is 3.59. The number of nitrogens with zero attached hydrogens (tertiary/aromatic N) is 1. The van der Waals surface area contributed by atoms with Gasteiger partial charge in [-0.2, -0.15) is 0 Å². The van der Waals surface area contributed by atoms with Crippen molar-refractivity contribution in [2.45, 2.75) is 18.4 Å². The van der Waals surface area contributed by atoms with Crippen LogP contribution in [-0.4, -0.2) is 45.1 Å². The molecule has 146 valence electrons. The van der Waals surface area contributed by atoms with Gasteiger partial charge in [0.15, 0.2) is 5.96 Å². The highest BCUT2D eigenvalue weighted by molar-refractivity contribution is 7.99. The molecule has 0 atom stereocenters. The zero-order valence-corrected chi connectivity index (χ0v) is 17.0. The lowest BCUT2D eigenvalue weighted by atomic mass is 10.2. The van der Waals surface area contributed by atoms with E-state index in [9.17, 15) is 0 Å². The van der Waals surface area contributed by atoms with E-state index in [2.05, 4.69) is 76.4 Å². The van der Waals surface area contributed by atoms with Crippen LogP contribution >= 0.6 is 11.8 Å². The lowest BCUT2D eigenvalue weighted by molar-refractivity contribution is 0.211. The first-order chi connectivity index (χ1) is 13.3. The molecule has 0 unspecified atom stereocenters. The van der Waals surface area contributed by atoms with Crippen LogP contribution in [0.3, 0.4) is 0 Å². The van der Waals surface area contributed by atoms with Gasteiger partial charge in [0.2, 0.25) is 0 Å². The lowest BCUT2D eigenvalue weighted by Gasteiger charge is -2.11. The number of benzene rings is 2. The Labute approximate surface area is 167 Å². The van der Waals surface area contributed by atoms with Gasteiger partial charge in [-0.1, -0.05) is 30.3 Å². The molecule has 2 aromatic rings. The monoisotopic (exact) mass is 386 g/mol. The van der Waals surface area contributed by atoms with Gasteiger partial charge >= 0.3 is 0 Å². The van der Waals surface area contributed by atoms with E-state index in [0.29, 0.717) is 13.2 Å². The van der Waals surface area contributed by atoms with E-state index in [1.807, 2.05) is 17.8 Å². The Kier molecular flexibility index (Phi) is 10.2. The van der Waals surface area contributed by atoms with E-state index in [1.165, 1.54) is 10.5 Å². The van der Waals surface area contributed by atoms with Crippen molar-refractivity contribution in [3.63, 3.8) is 0 Å². The third-order valence-corrected chi connectivity index (χ3v) is 4.77. The fourth-order valence-electron chi connectivity index (χ4n) is 2.39. The largest absolute Gasteiger partial charge is 0.383 e. The fourth-order valence-corrected chi connectivity index (χ4v) is 3.18. The molecule has 0 aliphatic heterocycles. The molecule has 2 aromatic carbocycles. The quantitative estimate of drug-likeness (QED) is 0.238. The van der Waals surface area contributed by atoms with Crippen LogP contribution in [0.5, 0.6) is 0 Å². The molecule has 0 fully saturated rings. The van der Waals surface area contributed by atoms with Crippen LogP contribution in [0.4, 0.5) is 5.69 Å². The van der Waals surface area contributed by atoms with Crippen LogP contribution in [0.25, 0.3) is 0 Å². The SMILES string of the molecule is CCNC(=NCc1ccc(NCCOC)cc1)NCCSc1ccccc1. The summed E-state index contributed by atoms with van der Waals surface area (Å²) in [7, 11) is 1.71. The molecule has 0 aromatic heterocycles. The number of anilines is 1.